The number of aromatic amines is 1. The molecule has 1 aromatic heterocycles. The van der Waals surface area contributed by atoms with Gasteiger partial charge in [0.2, 0.25) is 17.7 Å². The number of guanidine groups is 1. The molecule has 1 atom stereocenters. The molecule has 2 aromatic rings. The van der Waals surface area contributed by atoms with Crippen LogP contribution in [-0.2, 0) is 4.79 Å². The lowest BCUT2D eigenvalue weighted by molar-refractivity contribution is -0.127. The van der Waals surface area contributed by atoms with Crippen molar-refractivity contribution in [1.82, 2.24) is 14.9 Å². The Balaban J connectivity index is 2.11. The van der Waals surface area contributed by atoms with Gasteiger partial charge in [-0.25, -0.2) is 13.8 Å². The third kappa shape index (κ3) is 4.08. The van der Waals surface area contributed by atoms with E-state index in [1.807, 2.05) is 0 Å². The van der Waals surface area contributed by atoms with Crippen molar-refractivity contribution in [2.24, 2.45) is 10.7 Å². The van der Waals surface area contributed by atoms with Gasteiger partial charge in [0, 0.05) is 25.7 Å². The molecule has 0 fully saturated rings. The van der Waals surface area contributed by atoms with E-state index in [2.05, 4.69) is 15.0 Å². The van der Waals surface area contributed by atoms with E-state index >= 15 is 0 Å². The van der Waals surface area contributed by atoms with Gasteiger partial charge in [0.05, 0.1) is 18.2 Å². The molecule has 1 amide bonds. The first kappa shape index (κ1) is 20.4. The molecule has 0 unspecified atom stereocenters. The van der Waals surface area contributed by atoms with Crippen LogP contribution >= 0.6 is 0 Å². The lowest BCUT2D eigenvalue weighted by Crippen LogP contribution is -2.44. The van der Waals surface area contributed by atoms with Crippen molar-refractivity contribution in [2.75, 3.05) is 31.6 Å². The summed E-state index contributed by atoms with van der Waals surface area (Å²) in [5.41, 5.74) is 4.52. The minimum absolute atomic E-state index is 0.0122. The fraction of sp³-hybridized carbons (Fsp3) is 0.333. The Labute approximate surface area is 163 Å². The summed E-state index contributed by atoms with van der Waals surface area (Å²) in [6.07, 6.45) is 0. The van der Waals surface area contributed by atoms with Gasteiger partial charge >= 0.3 is 0 Å². The number of hydrogen-bond donors (Lipinski definition) is 2. The number of carbonyl (C=O) groups excluding carboxylic acids is 1. The summed E-state index contributed by atoms with van der Waals surface area (Å²) >= 11 is 0. The topological polar surface area (TPSA) is 108 Å². The van der Waals surface area contributed by atoms with Crippen molar-refractivity contribution >= 4 is 17.8 Å². The van der Waals surface area contributed by atoms with Crippen LogP contribution in [0.1, 0.15) is 17.2 Å². The second kappa shape index (κ2) is 7.94. The number of anilines is 1. The van der Waals surface area contributed by atoms with Crippen molar-refractivity contribution < 1.29 is 18.0 Å². The van der Waals surface area contributed by atoms with Gasteiger partial charge in [-0.1, -0.05) is 0 Å². The van der Waals surface area contributed by atoms with Crippen LogP contribution in [0.3, 0.4) is 0 Å². The summed E-state index contributed by atoms with van der Waals surface area (Å²) in [6.45, 7) is 1.43. The Morgan fingerprint density at radius 3 is 2.66 bits per heavy atom. The molecule has 0 spiro atoms. The molecule has 154 valence electrons. The van der Waals surface area contributed by atoms with E-state index in [1.54, 1.807) is 0 Å². The maximum Gasteiger partial charge on any atom is 0.288 e. The zero-order valence-electron chi connectivity index (χ0n) is 15.7. The normalized spacial score (nSPS) is 18.2. The standard InChI is InChI=1S/C18H19F3N6O2/c1-9-14(21)15(28)25-18(24-9)27-6-5-23-17(22)26(2)16(29)12(8-27)11-7-10(19)3-4-13(11)20/h3-4,7,12H,5-6,8H2,1-2H3,(H2,22,23)(H,24,25,28)/t12-/m1/s1. The molecule has 0 radical (unpaired) electrons. The number of likely N-dealkylation sites (N-methyl/N-ethyl adjacent to an activating group) is 1. The average Bonchev–Trinajstić information content (AvgIpc) is 2.73. The number of rotatable bonds is 2. The van der Waals surface area contributed by atoms with Gasteiger partial charge in [0.15, 0.2) is 5.96 Å². The van der Waals surface area contributed by atoms with Crippen LogP contribution in [0.25, 0.3) is 0 Å². The average molecular weight is 408 g/mol. The van der Waals surface area contributed by atoms with E-state index in [9.17, 15) is 22.8 Å². The van der Waals surface area contributed by atoms with Crippen LogP contribution in [0.15, 0.2) is 28.0 Å². The molecule has 1 aliphatic rings. The van der Waals surface area contributed by atoms with Gasteiger partial charge in [0.1, 0.15) is 11.6 Å². The summed E-state index contributed by atoms with van der Waals surface area (Å²) < 4.78 is 41.9. The zero-order valence-corrected chi connectivity index (χ0v) is 15.7. The van der Waals surface area contributed by atoms with Crippen LogP contribution in [0.2, 0.25) is 0 Å². The number of carbonyl (C=O) groups is 1. The number of benzene rings is 1. The molecule has 2 heterocycles. The molecule has 29 heavy (non-hydrogen) atoms. The molecule has 0 saturated carbocycles. The number of H-pyrrole nitrogens is 1. The van der Waals surface area contributed by atoms with Crippen molar-refractivity contribution in [2.45, 2.75) is 12.8 Å². The SMILES string of the molecule is Cc1nc(N2CCN=C(N)N(C)C(=O)[C@@H](c3cc(F)ccc3F)C2)[nH]c(=O)c1F. The second-order valence-electron chi connectivity index (χ2n) is 6.59. The Morgan fingerprint density at radius 2 is 1.97 bits per heavy atom. The zero-order chi connectivity index (χ0) is 21.3. The first-order valence-electron chi connectivity index (χ1n) is 8.73. The van der Waals surface area contributed by atoms with E-state index in [1.165, 1.54) is 18.9 Å². The van der Waals surface area contributed by atoms with Crippen LogP contribution in [0.4, 0.5) is 19.1 Å². The number of aromatic nitrogens is 2. The quantitative estimate of drug-likeness (QED) is 0.767. The smallest absolute Gasteiger partial charge is 0.288 e. The van der Waals surface area contributed by atoms with Gasteiger partial charge in [-0.15, -0.1) is 0 Å². The minimum atomic E-state index is -1.18. The highest BCUT2D eigenvalue weighted by molar-refractivity contribution is 5.99. The maximum absolute atomic E-state index is 14.5. The number of amides is 1. The molecular weight excluding hydrogens is 389 g/mol. The first-order valence-corrected chi connectivity index (χ1v) is 8.73. The molecule has 0 aliphatic carbocycles. The van der Waals surface area contributed by atoms with E-state index in [0.29, 0.717) is 0 Å². The van der Waals surface area contributed by atoms with Gasteiger partial charge in [-0.2, -0.15) is 4.39 Å². The molecule has 3 N–H and O–H groups in total. The van der Waals surface area contributed by atoms with Crippen LogP contribution < -0.4 is 16.2 Å². The Morgan fingerprint density at radius 1 is 1.24 bits per heavy atom. The molecule has 8 nitrogen and oxygen atoms in total. The number of nitrogens with zero attached hydrogens (tertiary/aromatic N) is 4. The van der Waals surface area contributed by atoms with E-state index < -0.39 is 34.8 Å². The highest BCUT2D eigenvalue weighted by Crippen LogP contribution is 2.26. The number of nitrogens with two attached hydrogens (primary N) is 1. The predicted octanol–water partition coefficient (Wildman–Crippen LogP) is 0.873. The van der Waals surface area contributed by atoms with E-state index in [0.717, 1.165) is 23.1 Å². The molecule has 11 heteroatoms. The summed E-state index contributed by atoms with van der Waals surface area (Å²) in [5, 5.41) is 0. The van der Waals surface area contributed by atoms with Gasteiger partial charge < -0.3 is 10.6 Å². The number of halogens is 3. The number of aryl methyl sites for hydroxylation is 1. The van der Waals surface area contributed by atoms with Gasteiger partial charge in [0.25, 0.3) is 5.56 Å². The number of hydrogen-bond acceptors (Lipinski definition) is 6. The fourth-order valence-corrected chi connectivity index (χ4v) is 3.04. The Kier molecular flexibility index (Phi) is 5.57. The lowest BCUT2D eigenvalue weighted by Gasteiger charge is -2.28. The summed E-state index contributed by atoms with van der Waals surface area (Å²) in [5.74, 6) is -4.42. The number of nitrogens with one attached hydrogen (secondary N) is 1. The molecular formula is C18H19F3N6O2. The third-order valence-corrected chi connectivity index (χ3v) is 4.67. The maximum atomic E-state index is 14.5. The third-order valence-electron chi connectivity index (χ3n) is 4.67. The van der Waals surface area contributed by atoms with Crippen LogP contribution in [0.5, 0.6) is 0 Å². The summed E-state index contributed by atoms with van der Waals surface area (Å²) in [4.78, 5) is 37.7. The van der Waals surface area contributed by atoms with Crippen molar-refractivity contribution in [3.8, 4) is 0 Å². The fourth-order valence-electron chi connectivity index (χ4n) is 3.04. The highest BCUT2D eigenvalue weighted by Gasteiger charge is 2.32. The molecule has 1 aliphatic heterocycles. The first-order chi connectivity index (χ1) is 13.7. The minimum Gasteiger partial charge on any atom is -0.369 e. The highest BCUT2D eigenvalue weighted by atomic mass is 19.1. The van der Waals surface area contributed by atoms with E-state index in [4.69, 9.17) is 5.73 Å². The largest absolute Gasteiger partial charge is 0.369 e. The Bertz CT molecular complexity index is 1040. The monoisotopic (exact) mass is 408 g/mol. The summed E-state index contributed by atoms with van der Waals surface area (Å²) in [6, 6.07) is 2.80. The van der Waals surface area contributed by atoms with Crippen molar-refractivity contribution in [3.63, 3.8) is 0 Å². The summed E-state index contributed by atoms with van der Waals surface area (Å²) in [7, 11) is 1.38. The van der Waals surface area contributed by atoms with Gasteiger partial charge in [-0.3, -0.25) is 24.5 Å². The van der Waals surface area contributed by atoms with E-state index in [-0.39, 0.29) is 42.8 Å². The van der Waals surface area contributed by atoms with Crippen molar-refractivity contribution in [1.29, 1.82) is 0 Å². The number of aliphatic imine (C=N–C) groups is 1. The lowest BCUT2D eigenvalue weighted by atomic mass is 9.96. The van der Waals surface area contributed by atoms with Crippen LogP contribution in [0, 0.1) is 24.4 Å². The Hall–Kier alpha value is -3.37. The van der Waals surface area contributed by atoms with Crippen LogP contribution in [-0.4, -0.2) is 53.4 Å². The molecule has 0 bridgehead atoms. The molecule has 0 saturated heterocycles. The van der Waals surface area contributed by atoms with Gasteiger partial charge in [-0.05, 0) is 25.1 Å². The predicted molar refractivity (Wildman–Crippen MR) is 100 cm³/mol. The second-order valence-corrected chi connectivity index (χ2v) is 6.59. The molecule has 1 aromatic carbocycles. The van der Waals surface area contributed by atoms with Crippen molar-refractivity contribution in [3.05, 3.63) is 57.3 Å². The molecule has 3 rings (SSSR count).